The minimum Gasteiger partial charge on any atom is -0.306 e. The highest BCUT2D eigenvalue weighted by molar-refractivity contribution is 9.10. The van der Waals surface area contributed by atoms with Crippen LogP contribution in [0, 0.1) is 5.41 Å². The molecule has 1 heterocycles. The van der Waals surface area contributed by atoms with Gasteiger partial charge in [-0.1, -0.05) is 39.3 Å². The van der Waals surface area contributed by atoms with Gasteiger partial charge < -0.3 is 4.55 Å². The Morgan fingerprint density at radius 3 is 2.79 bits per heavy atom. The van der Waals surface area contributed by atoms with Gasteiger partial charge in [-0.25, -0.2) is 9.69 Å². The Kier molecular flexibility index (Phi) is 6.21. The van der Waals surface area contributed by atoms with E-state index in [2.05, 4.69) is 26.2 Å². The molecule has 0 aliphatic heterocycles. The predicted molar refractivity (Wildman–Crippen MR) is 91.4 cm³/mol. The van der Waals surface area contributed by atoms with E-state index in [-0.39, 0.29) is 12.2 Å². The summed E-state index contributed by atoms with van der Waals surface area (Å²) in [5.41, 5.74) is 1.90. The first kappa shape index (κ1) is 18.7. The molecule has 130 valence electrons. The number of amides is 1. The number of halogens is 1. The Labute approximate surface area is 149 Å². The van der Waals surface area contributed by atoms with Crippen molar-refractivity contribution in [3.05, 3.63) is 34.9 Å². The Bertz CT molecular complexity index is 754. The van der Waals surface area contributed by atoms with E-state index in [0.717, 1.165) is 10.0 Å². The molecule has 2 unspecified atom stereocenters. The molecule has 2 atom stereocenters. The van der Waals surface area contributed by atoms with Gasteiger partial charge in [-0.15, -0.1) is 5.10 Å². The summed E-state index contributed by atoms with van der Waals surface area (Å²) in [6, 6.07) is 7.58. The van der Waals surface area contributed by atoms with Crippen molar-refractivity contribution in [3.63, 3.8) is 0 Å². The number of hydrogen-bond donors (Lipinski definition) is 3. The minimum atomic E-state index is -2.17. The molecule has 0 spiro atoms. The van der Waals surface area contributed by atoms with Crippen LogP contribution < -0.4 is 5.48 Å². The number of aromatic nitrogens is 3. The summed E-state index contributed by atoms with van der Waals surface area (Å²) in [7, 11) is 0. The summed E-state index contributed by atoms with van der Waals surface area (Å²) < 4.78 is 22.6. The van der Waals surface area contributed by atoms with E-state index >= 15 is 0 Å². The van der Waals surface area contributed by atoms with Crippen molar-refractivity contribution in [1.82, 2.24) is 20.5 Å². The molecule has 0 saturated carbocycles. The van der Waals surface area contributed by atoms with Crippen LogP contribution in [0.1, 0.15) is 13.3 Å². The normalized spacial score (nSPS) is 14.8. The smallest absolute Gasteiger partial charge is 0.250 e. The molecule has 1 aromatic heterocycles. The van der Waals surface area contributed by atoms with Crippen LogP contribution in [-0.2, 0) is 22.4 Å². The quantitative estimate of drug-likeness (QED) is 0.360. The van der Waals surface area contributed by atoms with Gasteiger partial charge in [0.1, 0.15) is 5.69 Å². The topological polar surface area (TPSA) is 117 Å². The van der Waals surface area contributed by atoms with E-state index in [1.54, 1.807) is 16.4 Å². The second-order valence-corrected chi connectivity index (χ2v) is 7.35. The van der Waals surface area contributed by atoms with Gasteiger partial charge in [0.05, 0.1) is 17.4 Å². The van der Waals surface area contributed by atoms with Gasteiger partial charge >= 0.3 is 0 Å². The highest BCUT2D eigenvalue weighted by atomic mass is 79.9. The molecule has 0 radical (unpaired) electrons. The van der Waals surface area contributed by atoms with Gasteiger partial charge in [-0.05, 0) is 19.4 Å². The average molecular weight is 417 g/mol. The van der Waals surface area contributed by atoms with Gasteiger partial charge in [0, 0.05) is 16.6 Å². The molecule has 10 heteroatoms. The molecule has 0 bridgehead atoms. The first-order valence-electron chi connectivity index (χ1n) is 7.03. The van der Waals surface area contributed by atoms with Gasteiger partial charge in [-0.3, -0.25) is 14.7 Å². The number of nitrogens with one attached hydrogen (secondary N) is 1. The summed E-state index contributed by atoms with van der Waals surface area (Å²) in [4.78, 5) is 11.8. The number of benzene rings is 1. The van der Waals surface area contributed by atoms with E-state index in [9.17, 15) is 9.00 Å². The van der Waals surface area contributed by atoms with Crippen LogP contribution in [0.15, 0.2) is 34.9 Å². The average Bonchev–Trinajstić information content (AvgIpc) is 3.00. The Morgan fingerprint density at radius 2 is 2.17 bits per heavy atom. The largest absolute Gasteiger partial charge is 0.306 e. The Balaban J connectivity index is 2.13. The van der Waals surface area contributed by atoms with Crippen LogP contribution in [0.4, 0.5) is 0 Å². The van der Waals surface area contributed by atoms with E-state index in [1.165, 1.54) is 6.92 Å². The van der Waals surface area contributed by atoms with Crippen LogP contribution in [0.25, 0.3) is 11.3 Å². The first-order chi connectivity index (χ1) is 11.4. The lowest BCUT2D eigenvalue weighted by Gasteiger charge is -2.25. The zero-order valence-electron chi connectivity index (χ0n) is 12.8. The first-order valence-corrected chi connectivity index (χ1v) is 9.09. The van der Waals surface area contributed by atoms with Crippen molar-refractivity contribution in [2.75, 3.05) is 5.75 Å². The summed E-state index contributed by atoms with van der Waals surface area (Å²) in [5.74, 6) is -0.999. The van der Waals surface area contributed by atoms with Gasteiger partial charge in [0.15, 0.2) is 11.1 Å². The van der Waals surface area contributed by atoms with E-state index in [0.29, 0.717) is 12.2 Å². The molecule has 2 aromatic rings. The second kappa shape index (κ2) is 7.97. The van der Waals surface area contributed by atoms with Crippen molar-refractivity contribution >= 4 is 32.9 Å². The second-order valence-electron chi connectivity index (χ2n) is 5.56. The number of nitrogens with zero attached hydrogens (tertiary/aromatic N) is 3. The van der Waals surface area contributed by atoms with Gasteiger partial charge in [0.25, 0.3) is 0 Å². The lowest BCUT2D eigenvalue weighted by atomic mass is 9.88. The van der Waals surface area contributed by atoms with Gasteiger partial charge in [0.2, 0.25) is 5.91 Å². The van der Waals surface area contributed by atoms with Crippen molar-refractivity contribution in [1.29, 1.82) is 0 Å². The van der Waals surface area contributed by atoms with E-state index in [4.69, 9.17) is 9.76 Å². The third-order valence-corrected chi connectivity index (χ3v) is 5.25. The molecule has 0 fully saturated rings. The molecule has 2 rings (SSSR count). The number of hydrogen-bond acceptors (Lipinski definition) is 5. The van der Waals surface area contributed by atoms with Crippen LogP contribution in [-0.4, -0.2) is 40.6 Å². The molecule has 0 saturated heterocycles. The van der Waals surface area contributed by atoms with E-state index < -0.39 is 22.4 Å². The Morgan fingerprint density at radius 1 is 1.46 bits per heavy atom. The molecule has 1 aromatic carbocycles. The van der Waals surface area contributed by atoms with Gasteiger partial charge in [-0.2, -0.15) is 0 Å². The maximum atomic E-state index is 11.8. The molecule has 8 nitrogen and oxygen atoms in total. The Hall–Kier alpha value is -1.62. The minimum absolute atomic E-state index is 0.213. The predicted octanol–water partition coefficient (Wildman–Crippen LogP) is 1.83. The zero-order chi connectivity index (χ0) is 17.7. The fourth-order valence-electron chi connectivity index (χ4n) is 2.22. The lowest BCUT2D eigenvalue weighted by Crippen LogP contribution is -2.42. The maximum Gasteiger partial charge on any atom is 0.250 e. The number of hydroxylamine groups is 1. The number of rotatable bonds is 7. The third-order valence-electron chi connectivity index (χ3n) is 3.67. The van der Waals surface area contributed by atoms with Crippen molar-refractivity contribution in [3.8, 4) is 11.3 Å². The number of aryl methyl sites for hydroxylation is 1. The fraction of sp³-hybridized carbons (Fsp3) is 0.357. The van der Waals surface area contributed by atoms with Crippen LogP contribution in [0.3, 0.4) is 0 Å². The lowest BCUT2D eigenvalue weighted by molar-refractivity contribution is -0.138. The van der Waals surface area contributed by atoms with Crippen molar-refractivity contribution in [2.24, 2.45) is 5.41 Å². The maximum absolute atomic E-state index is 11.8. The van der Waals surface area contributed by atoms with E-state index in [1.807, 2.05) is 24.3 Å². The summed E-state index contributed by atoms with van der Waals surface area (Å²) in [6.07, 6.45) is 1.94. The van der Waals surface area contributed by atoms with Crippen LogP contribution in [0.2, 0.25) is 0 Å². The molecule has 24 heavy (non-hydrogen) atoms. The zero-order valence-corrected chi connectivity index (χ0v) is 15.2. The number of carbonyl (C=O) groups is 1. The fourth-order valence-corrected chi connectivity index (χ4v) is 3.53. The third kappa shape index (κ3) is 4.47. The van der Waals surface area contributed by atoms with Crippen molar-refractivity contribution < 1.29 is 18.8 Å². The molecular formula is C14H17BrN4O4S. The highest BCUT2D eigenvalue weighted by Gasteiger charge is 2.35. The standard InChI is InChI=1S/C14H17BrN4O4S/c1-14(9-24(22)23,13(20)17-21)6-7-19-8-12(16-18-19)10-4-2-3-5-11(10)15/h2-5,8,21H,6-7,9H2,1H3,(H,17,20)(H,22,23). The van der Waals surface area contributed by atoms with Crippen LogP contribution in [0.5, 0.6) is 0 Å². The monoisotopic (exact) mass is 416 g/mol. The van der Waals surface area contributed by atoms with Crippen molar-refractivity contribution in [2.45, 2.75) is 19.9 Å². The molecule has 1 amide bonds. The number of carbonyl (C=O) groups excluding carboxylic acids is 1. The SMILES string of the molecule is CC(CCn1cc(-c2ccccc2Br)nn1)(CS(=O)O)C(=O)NO. The molecule has 3 N–H and O–H groups in total. The molecular weight excluding hydrogens is 400 g/mol. The summed E-state index contributed by atoms with van der Waals surface area (Å²) in [5, 5.41) is 17.0. The summed E-state index contributed by atoms with van der Waals surface area (Å²) in [6.45, 7) is 1.82. The molecule has 0 aliphatic carbocycles. The van der Waals surface area contributed by atoms with Crippen LogP contribution >= 0.6 is 15.9 Å². The highest BCUT2D eigenvalue weighted by Crippen LogP contribution is 2.27. The summed E-state index contributed by atoms with van der Waals surface area (Å²) >= 11 is 1.28. The molecule has 0 aliphatic rings.